The van der Waals surface area contributed by atoms with Gasteiger partial charge in [-0.3, -0.25) is 14.3 Å². The maximum absolute atomic E-state index is 12.6. The average Bonchev–Trinajstić information content (AvgIpc) is 3.16. The number of hydrogen-bond acceptors (Lipinski definition) is 3. The maximum Gasteiger partial charge on any atom is 0.245 e. The van der Waals surface area contributed by atoms with Crippen molar-refractivity contribution in [3.63, 3.8) is 0 Å². The zero-order valence-electron chi connectivity index (χ0n) is 17.3. The number of anilines is 1. The molecule has 6 nitrogen and oxygen atoms in total. The minimum Gasteiger partial charge on any atom is -0.339 e. The topological polar surface area (TPSA) is 67.2 Å². The van der Waals surface area contributed by atoms with Crippen LogP contribution in [0.25, 0.3) is 0 Å². The van der Waals surface area contributed by atoms with E-state index >= 15 is 0 Å². The first kappa shape index (κ1) is 20.6. The molecule has 1 saturated carbocycles. The second kappa shape index (κ2) is 9.39. The van der Waals surface area contributed by atoms with Crippen LogP contribution in [0.4, 0.5) is 5.69 Å². The first-order chi connectivity index (χ1) is 13.5. The Morgan fingerprint density at radius 3 is 2.50 bits per heavy atom. The molecule has 28 heavy (non-hydrogen) atoms. The molecule has 1 aromatic heterocycles. The highest BCUT2D eigenvalue weighted by Crippen LogP contribution is 2.33. The third kappa shape index (κ3) is 5.24. The molecule has 154 valence electrons. The highest BCUT2D eigenvalue weighted by Gasteiger charge is 2.27. The standard InChI is InChI=1S/C22H34N4O2/c1-4-21(27)25-11-9-20(10-12-25)26-15-19(14-23-26)24-22(28)18-7-5-17(6-8-18)13-16(2)3/h4,14-18,20H,1,5-13H2,2-3H3,(H,24,28). The van der Waals surface area contributed by atoms with Crippen molar-refractivity contribution < 1.29 is 9.59 Å². The molecule has 2 fully saturated rings. The number of nitrogens with one attached hydrogen (secondary N) is 1. The molecular formula is C22H34N4O2. The normalized spacial score (nSPS) is 23.6. The van der Waals surface area contributed by atoms with Crippen LogP contribution in [0.1, 0.15) is 64.8 Å². The van der Waals surface area contributed by atoms with E-state index in [0.29, 0.717) is 0 Å². The van der Waals surface area contributed by atoms with Gasteiger partial charge < -0.3 is 10.2 Å². The third-order valence-electron chi connectivity index (χ3n) is 6.22. The molecule has 2 aliphatic rings. The van der Waals surface area contributed by atoms with Crippen LogP contribution >= 0.6 is 0 Å². The number of amides is 2. The molecule has 1 N–H and O–H groups in total. The van der Waals surface area contributed by atoms with E-state index < -0.39 is 0 Å². The Labute approximate surface area is 168 Å². The number of aromatic nitrogens is 2. The summed E-state index contributed by atoms with van der Waals surface area (Å²) in [4.78, 5) is 26.2. The van der Waals surface area contributed by atoms with Gasteiger partial charge in [0.2, 0.25) is 11.8 Å². The zero-order chi connectivity index (χ0) is 20.1. The van der Waals surface area contributed by atoms with Gasteiger partial charge in [0.25, 0.3) is 0 Å². The van der Waals surface area contributed by atoms with Gasteiger partial charge >= 0.3 is 0 Å². The predicted octanol–water partition coefficient (Wildman–Crippen LogP) is 4.02. The number of hydrogen-bond donors (Lipinski definition) is 1. The van der Waals surface area contributed by atoms with E-state index in [9.17, 15) is 9.59 Å². The molecule has 6 heteroatoms. The Balaban J connectivity index is 1.47. The van der Waals surface area contributed by atoms with Gasteiger partial charge in [0.05, 0.1) is 17.9 Å². The highest BCUT2D eigenvalue weighted by atomic mass is 16.2. The minimum atomic E-state index is -0.00465. The van der Waals surface area contributed by atoms with E-state index in [2.05, 4.69) is 30.8 Å². The molecule has 3 rings (SSSR count). The van der Waals surface area contributed by atoms with Gasteiger partial charge in [-0.1, -0.05) is 20.4 Å². The number of piperidine rings is 1. The molecule has 1 aromatic rings. The van der Waals surface area contributed by atoms with Gasteiger partial charge in [-0.25, -0.2) is 0 Å². The highest BCUT2D eigenvalue weighted by molar-refractivity contribution is 5.92. The van der Waals surface area contributed by atoms with E-state index in [1.165, 1.54) is 12.5 Å². The molecular weight excluding hydrogens is 352 g/mol. The van der Waals surface area contributed by atoms with Crippen LogP contribution in [0.2, 0.25) is 0 Å². The largest absolute Gasteiger partial charge is 0.339 e. The van der Waals surface area contributed by atoms with Crippen molar-refractivity contribution in [2.24, 2.45) is 17.8 Å². The van der Waals surface area contributed by atoms with Crippen LogP contribution in [0, 0.1) is 17.8 Å². The van der Waals surface area contributed by atoms with E-state index in [4.69, 9.17) is 0 Å². The molecule has 0 unspecified atom stereocenters. The molecule has 0 radical (unpaired) electrons. The van der Waals surface area contributed by atoms with Crippen molar-refractivity contribution in [1.82, 2.24) is 14.7 Å². The molecule has 0 atom stereocenters. The molecule has 2 heterocycles. The van der Waals surface area contributed by atoms with E-state index in [0.717, 1.165) is 69.1 Å². The minimum absolute atomic E-state index is 0.00465. The lowest BCUT2D eigenvalue weighted by atomic mass is 9.78. The van der Waals surface area contributed by atoms with Crippen molar-refractivity contribution in [2.45, 2.75) is 64.8 Å². The number of carbonyl (C=O) groups excluding carboxylic acids is 2. The van der Waals surface area contributed by atoms with Gasteiger partial charge in [0, 0.05) is 25.2 Å². The molecule has 0 aromatic carbocycles. The second-order valence-electron chi connectivity index (χ2n) is 8.81. The lowest BCUT2D eigenvalue weighted by Gasteiger charge is -2.31. The Hall–Kier alpha value is -2.11. The van der Waals surface area contributed by atoms with E-state index in [1.54, 1.807) is 6.20 Å². The fourth-order valence-corrected chi connectivity index (χ4v) is 4.65. The second-order valence-corrected chi connectivity index (χ2v) is 8.81. The summed E-state index contributed by atoms with van der Waals surface area (Å²) in [6.45, 7) is 9.54. The summed E-state index contributed by atoms with van der Waals surface area (Å²) in [5.41, 5.74) is 0.777. The van der Waals surface area contributed by atoms with Crippen LogP contribution < -0.4 is 5.32 Å². The summed E-state index contributed by atoms with van der Waals surface area (Å²) in [6.07, 6.45) is 12.4. The third-order valence-corrected chi connectivity index (χ3v) is 6.22. The number of likely N-dealkylation sites (tertiary alicyclic amines) is 1. The van der Waals surface area contributed by atoms with Crippen LogP contribution in [-0.2, 0) is 9.59 Å². The summed E-state index contributed by atoms with van der Waals surface area (Å²) in [7, 11) is 0. The lowest BCUT2D eigenvalue weighted by Crippen LogP contribution is -2.38. The predicted molar refractivity (Wildman–Crippen MR) is 111 cm³/mol. The fraction of sp³-hybridized carbons (Fsp3) is 0.682. The van der Waals surface area contributed by atoms with E-state index in [1.807, 2.05) is 15.8 Å². The van der Waals surface area contributed by atoms with Crippen LogP contribution in [-0.4, -0.2) is 39.6 Å². The first-order valence-corrected chi connectivity index (χ1v) is 10.7. The SMILES string of the molecule is C=CC(=O)N1CCC(n2cc(NC(=O)C3CCC(CC(C)C)CC3)cn2)CC1. The summed E-state index contributed by atoms with van der Waals surface area (Å²) >= 11 is 0. The molecule has 0 bridgehead atoms. The van der Waals surface area contributed by atoms with Gasteiger partial charge in [0.15, 0.2) is 0 Å². The summed E-state index contributed by atoms with van der Waals surface area (Å²) < 4.78 is 1.94. The number of nitrogens with zero attached hydrogens (tertiary/aromatic N) is 3. The van der Waals surface area contributed by atoms with Crippen LogP contribution in [0.3, 0.4) is 0 Å². The monoisotopic (exact) mass is 386 g/mol. The molecule has 1 saturated heterocycles. The smallest absolute Gasteiger partial charge is 0.245 e. The first-order valence-electron chi connectivity index (χ1n) is 10.7. The number of rotatable bonds is 6. The van der Waals surface area contributed by atoms with Crippen molar-refractivity contribution >= 4 is 17.5 Å². The van der Waals surface area contributed by atoms with E-state index in [-0.39, 0.29) is 23.8 Å². The quantitative estimate of drug-likeness (QED) is 0.751. The molecule has 1 aliphatic heterocycles. The molecule has 1 aliphatic carbocycles. The van der Waals surface area contributed by atoms with Gasteiger partial charge in [0.1, 0.15) is 0 Å². The van der Waals surface area contributed by atoms with Gasteiger partial charge in [-0.2, -0.15) is 5.10 Å². The van der Waals surface area contributed by atoms with Crippen molar-refractivity contribution in [3.8, 4) is 0 Å². The molecule has 2 amide bonds. The average molecular weight is 387 g/mol. The van der Waals surface area contributed by atoms with Gasteiger partial charge in [-0.15, -0.1) is 0 Å². The molecule has 0 spiro atoms. The van der Waals surface area contributed by atoms with Crippen LogP contribution in [0.5, 0.6) is 0 Å². The van der Waals surface area contributed by atoms with Crippen molar-refractivity contribution in [3.05, 3.63) is 25.0 Å². The Bertz CT molecular complexity index is 680. The maximum atomic E-state index is 12.6. The summed E-state index contributed by atoms with van der Waals surface area (Å²) in [6, 6.07) is 0.269. The Morgan fingerprint density at radius 2 is 1.89 bits per heavy atom. The zero-order valence-corrected chi connectivity index (χ0v) is 17.3. The fourth-order valence-electron chi connectivity index (χ4n) is 4.65. The van der Waals surface area contributed by atoms with Crippen molar-refractivity contribution in [1.29, 1.82) is 0 Å². The Morgan fingerprint density at radius 1 is 1.21 bits per heavy atom. The number of carbonyl (C=O) groups is 2. The lowest BCUT2D eigenvalue weighted by molar-refractivity contribution is -0.127. The van der Waals surface area contributed by atoms with Gasteiger partial charge in [-0.05, 0) is 62.9 Å². The van der Waals surface area contributed by atoms with Crippen LogP contribution in [0.15, 0.2) is 25.0 Å². The Kier molecular flexibility index (Phi) is 6.92. The summed E-state index contributed by atoms with van der Waals surface area (Å²) in [5.74, 6) is 1.78. The summed E-state index contributed by atoms with van der Waals surface area (Å²) in [5, 5.41) is 7.51. The van der Waals surface area contributed by atoms with Crippen molar-refractivity contribution in [2.75, 3.05) is 18.4 Å².